The molecule has 0 saturated carbocycles. The first-order valence-corrected chi connectivity index (χ1v) is 28.2. The SMILES string of the molecule is Cc1cc([C@H](C(=O)N2CC(O)CC2C(=O)N[C@@H](CC(=O)N2CCC(N3CCC(C#Cc4ccc(S(=O)CC(C)(O)C(=O)Nc5ccc(C#N)c(C(F)(F)F)c5)cc4)CC3)CC2)c2ccc(-c3scnc3C)cc2)C(C)C)on1. The highest BCUT2D eigenvalue weighted by atomic mass is 32.2. The lowest BCUT2D eigenvalue weighted by molar-refractivity contribution is -0.141. The minimum atomic E-state index is -4.84. The molecule has 5 aromatic rings. The first-order valence-electron chi connectivity index (χ1n) is 26.0. The molecule has 5 heterocycles. The van der Waals surface area contributed by atoms with Crippen molar-refractivity contribution in [2.45, 2.75) is 120 Å². The monoisotopic (exact) mass is 1110 g/mol. The van der Waals surface area contributed by atoms with Crippen LogP contribution >= 0.6 is 11.3 Å². The maximum absolute atomic E-state index is 14.3. The molecule has 3 fully saturated rings. The number of hydrogen-bond donors (Lipinski definition) is 4. The van der Waals surface area contributed by atoms with E-state index in [1.165, 1.54) is 22.3 Å². The molecule has 3 saturated heterocycles. The Labute approximate surface area is 457 Å². The van der Waals surface area contributed by atoms with Crippen LogP contribution in [0.4, 0.5) is 18.9 Å². The van der Waals surface area contributed by atoms with Gasteiger partial charge in [0, 0.05) is 60.2 Å². The molecule has 3 aromatic carbocycles. The largest absolute Gasteiger partial charge is 0.417 e. The van der Waals surface area contributed by atoms with E-state index in [0.717, 1.165) is 79.5 Å². The van der Waals surface area contributed by atoms with Gasteiger partial charge in [-0.25, -0.2) is 4.98 Å². The highest BCUT2D eigenvalue weighted by molar-refractivity contribution is 7.85. The fraction of sp³-hybridized carbons (Fsp3) is 0.456. The molecule has 3 aliphatic heterocycles. The van der Waals surface area contributed by atoms with Crippen LogP contribution in [0.15, 0.2) is 87.7 Å². The van der Waals surface area contributed by atoms with Gasteiger partial charge in [-0.2, -0.15) is 18.4 Å². The van der Waals surface area contributed by atoms with Gasteiger partial charge in [-0.3, -0.25) is 23.4 Å². The summed E-state index contributed by atoms with van der Waals surface area (Å²) in [5.74, 6) is 3.76. The first kappa shape index (κ1) is 57.4. The van der Waals surface area contributed by atoms with E-state index in [1.54, 1.807) is 42.8 Å². The molecular formula is C57H63F3N8O8S2. The van der Waals surface area contributed by atoms with Crippen molar-refractivity contribution in [3.8, 4) is 28.4 Å². The van der Waals surface area contributed by atoms with E-state index in [4.69, 9.17) is 9.78 Å². The second-order valence-corrected chi connectivity index (χ2v) is 23.3. The van der Waals surface area contributed by atoms with Gasteiger partial charge in [0.25, 0.3) is 5.91 Å². The molecule has 78 heavy (non-hydrogen) atoms. The van der Waals surface area contributed by atoms with Crippen molar-refractivity contribution in [2.75, 3.05) is 43.8 Å². The Morgan fingerprint density at radius 2 is 1.65 bits per heavy atom. The van der Waals surface area contributed by atoms with Crippen molar-refractivity contribution in [1.29, 1.82) is 5.26 Å². The number of aryl methyl sites for hydroxylation is 2. The molecule has 4 N–H and O–H groups in total. The number of nitrogens with zero attached hydrogens (tertiary/aromatic N) is 6. The number of aromatic nitrogens is 2. The van der Waals surface area contributed by atoms with Gasteiger partial charge in [0.15, 0.2) is 5.60 Å². The summed E-state index contributed by atoms with van der Waals surface area (Å²) < 4.78 is 59.1. The lowest BCUT2D eigenvalue weighted by Crippen LogP contribution is -2.50. The zero-order chi connectivity index (χ0) is 56.1. The summed E-state index contributed by atoms with van der Waals surface area (Å²) >= 11 is 1.53. The van der Waals surface area contributed by atoms with Gasteiger partial charge < -0.3 is 40.1 Å². The normalized spacial score (nSPS) is 19.5. The molecule has 8 rings (SSSR count). The molecule has 0 bridgehead atoms. The predicted molar refractivity (Wildman–Crippen MR) is 287 cm³/mol. The zero-order valence-electron chi connectivity index (χ0n) is 44.0. The number of hydrogen-bond acceptors (Lipinski definition) is 13. The molecule has 4 unspecified atom stereocenters. The van der Waals surface area contributed by atoms with Crippen LogP contribution in [-0.2, 0) is 36.2 Å². The standard InChI is InChI=1S/C57H63F3N8O8S2/c1-34(2)51(49-26-35(3)65-76-49)54(72)68-31-44(69)28-48(68)53(71)64-47(39-10-12-40(13-11-39)52-36(4)62-33-77-52)29-50(70)67-24-20-43(21-25-67)66-22-18-38(19-23-66)7-6-37-8-16-45(17-9-37)78(75)32-56(5,74)55(73)63-42-15-14-41(30-61)46(27-42)57(58,59)60/h8-17,26-27,33-34,38,43-44,47-48,51,69,74H,18-25,28-29,31-32H2,1-5H3,(H,63,73)(H,64,71)/t44?,47-,48?,51+,56?,78?/m0/s1. The third-order valence-electron chi connectivity index (χ3n) is 14.8. The number of likely N-dealkylation sites (tertiary alicyclic amines) is 3. The number of aliphatic hydroxyl groups excluding tert-OH is 1. The number of alkyl halides is 3. The summed E-state index contributed by atoms with van der Waals surface area (Å²) in [6.45, 7) is 11.4. The minimum absolute atomic E-state index is 0.00207. The molecule has 21 heteroatoms. The van der Waals surface area contributed by atoms with E-state index in [1.807, 2.05) is 49.9 Å². The van der Waals surface area contributed by atoms with Crippen LogP contribution in [-0.4, -0.2) is 125 Å². The summed E-state index contributed by atoms with van der Waals surface area (Å²) in [5, 5.41) is 40.1. The number of rotatable bonds is 15. The average Bonchev–Trinajstić information content (AvgIpc) is 4.17. The maximum atomic E-state index is 14.3. The Kier molecular flexibility index (Phi) is 18.0. The highest BCUT2D eigenvalue weighted by Crippen LogP contribution is 2.36. The number of aliphatic hydroxyl groups is 2. The van der Waals surface area contributed by atoms with Gasteiger partial charge in [0.1, 0.15) is 17.7 Å². The van der Waals surface area contributed by atoms with Gasteiger partial charge in [-0.15, -0.1) is 11.3 Å². The molecule has 4 amide bonds. The average molecular weight is 1110 g/mol. The molecule has 3 aliphatic rings. The number of carbonyl (C=O) groups is 4. The summed E-state index contributed by atoms with van der Waals surface area (Å²) in [5.41, 5.74) is 1.37. The van der Waals surface area contributed by atoms with Crippen molar-refractivity contribution in [3.05, 3.63) is 118 Å². The minimum Gasteiger partial charge on any atom is -0.391 e. The lowest BCUT2D eigenvalue weighted by Gasteiger charge is -2.41. The van der Waals surface area contributed by atoms with Crippen LogP contribution in [0.3, 0.4) is 0 Å². The summed E-state index contributed by atoms with van der Waals surface area (Å²) in [7, 11) is -1.86. The first-order chi connectivity index (χ1) is 37.1. The second kappa shape index (κ2) is 24.5. The summed E-state index contributed by atoms with van der Waals surface area (Å²) in [4.78, 5) is 67.1. The second-order valence-electron chi connectivity index (χ2n) is 20.9. The number of carbonyl (C=O) groups excluding carboxylic acids is 4. The Morgan fingerprint density at radius 3 is 2.26 bits per heavy atom. The molecule has 412 valence electrons. The van der Waals surface area contributed by atoms with Crippen LogP contribution in [0.1, 0.15) is 111 Å². The number of benzene rings is 3. The summed E-state index contributed by atoms with van der Waals surface area (Å²) in [6, 6.07) is 18.8. The third kappa shape index (κ3) is 13.7. The highest BCUT2D eigenvalue weighted by Gasteiger charge is 2.44. The number of nitrogens with one attached hydrogen (secondary N) is 2. The van der Waals surface area contributed by atoms with Crippen LogP contribution in [0, 0.1) is 48.9 Å². The number of piperidine rings is 2. The van der Waals surface area contributed by atoms with Crippen LogP contribution in [0.25, 0.3) is 10.4 Å². The fourth-order valence-electron chi connectivity index (χ4n) is 10.4. The van der Waals surface area contributed by atoms with Gasteiger partial charge in [-0.05, 0) is 119 Å². The molecular weight excluding hydrogens is 1050 g/mol. The number of amides is 4. The molecule has 0 aliphatic carbocycles. The number of nitriles is 1. The van der Waals surface area contributed by atoms with Crippen molar-refractivity contribution in [1.82, 2.24) is 30.2 Å². The van der Waals surface area contributed by atoms with Crippen LogP contribution in [0.2, 0.25) is 0 Å². The van der Waals surface area contributed by atoms with Crippen molar-refractivity contribution >= 4 is 51.5 Å². The smallest absolute Gasteiger partial charge is 0.391 e. The van der Waals surface area contributed by atoms with E-state index in [-0.39, 0.29) is 54.8 Å². The topological polar surface area (TPSA) is 222 Å². The molecule has 6 atom stereocenters. The Balaban J connectivity index is 0.834. The molecule has 16 nitrogen and oxygen atoms in total. The van der Waals surface area contributed by atoms with Crippen LogP contribution < -0.4 is 10.6 Å². The van der Waals surface area contributed by atoms with Gasteiger partial charge >= 0.3 is 6.18 Å². The Bertz CT molecular complexity index is 3110. The van der Waals surface area contributed by atoms with Crippen LogP contribution in [0.5, 0.6) is 0 Å². The van der Waals surface area contributed by atoms with Crippen molar-refractivity contribution < 1.29 is 51.3 Å². The number of thiazole rings is 1. The fourth-order valence-corrected chi connectivity index (χ4v) is 12.5. The number of anilines is 1. The van der Waals surface area contributed by atoms with Gasteiger partial charge in [0.05, 0.1) is 74.1 Å². The van der Waals surface area contributed by atoms with E-state index in [9.17, 15) is 46.8 Å². The number of halogens is 3. The third-order valence-corrected chi connectivity index (χ3v) is 17.4. The van der Waals surface area contributed by atoms with Crippen molar-refractivity contribution in [2.24, 2.45) is 11.8 Å². The van der Waals surface area contributed by atoms with E-state index >= 15 is 0 Å². The van der Waals surface area contributed by atoms with Crippen molar-refractivity contribution in [3.63, 3.8) is 0 Å². The van der Waals surface area contributed by atoms with Gasteiger partial charge in [0.2, 0.25) is 17.7 Å². The molecule has 0 radical (unpaired) electrons. The van der Waals surface area contributed by atoms with E-state index in [2.05, 4.69) is 37.5 Å². The molecule has 0 spiro atoms. The zero-order valence-corrected chi connectivity index (χ0v) is 45.6. The lowest BCUT2D eigenvalue weighted by atomic mass is 9.91. The number of β-amino-alcohol motifs (C(OH)–C–C–N with tert-alkyl or cyclic N) is 1. The maximum Gasteiger partial charge on any atom is 0.417 e. The molecule has 2 aromatic heterocycles. The Morgan fingerprint density at radius 1 is 0.962 bits per heavy atom. The Hall–Kier alpha value is -6.75. The predicted octanol–water partition coefficient (Wildman–Crippen LogP) is 7.51. The van der Waals surface area contributed by atoms with Gasteiger partial charge in [-0.1, -0.05) is 55.1 Å². The van der Waals surface area contributed by atoms with E-state index in [0.29, 0.717) is 41.1 Å². The van der Waals surface area contributed by atoms with E-state index < -0.39 is 75.4 Å². The summed E-state index contributed by atoms with van der Waals surface area (Å²) in [6.07, 6.45) is -2.43. The quantitative estimate of drug-likeness (QED) is 0.0749.